The van der Waals surface area contributed by atoms with Gasteiger partial charge in [0.2, 0.25) is 0 Å². The quantitative estimate of drug-likeness (QED) is 0.589. The molecule has 0 aliphatic heterocycles. The predicted octanol–water partition coefficient (Wildman–Crippen LogP) is 1.07. The van der Waals surface area contributed by atoms with Crippen LogP contribution < -0.4 is 10.6 Å². The Morgan fingerprint density at radius 3 is 2.45 bits per heavy atom. The molecule has 0 unspecified atom stereocenters. The van der Waals surface area contributed by atoms with Gasteiger partial charge in [0.1, 0.15) is 5.60 Å². The molecule has 6 heteroatoms. The second-order valence-corrected chi connectivity index (χ2v) is 5.83. The summed E-state index contributed by atoms with van der Waals surface area (Å²) in [6.45, 7) is 10.7. The lowest BCUT2D eigenvalue weighted by atomic mass is 10.2. The van der Waals surface area contributed by atoms with Crippen molar-refractivity contribution in [1.82, 2.24) is 15.5 Å². The molecule has 2 N–H and O–H groups in total. The highest BCUT2D eigenvalue weighted by Crippen LogP contribution is 2.06. The summed E-state index contributed by atoms with van der Waals surface area (Å²) in [5.74, 6) is 0. The molecule has 1 amide bonds. The van der Waals surface area contributed by atoms with Crippen molar-refractivity contribution in [2.45, 2.75) is 32.8 Å². The zero-order valence-corrected chi connectivity index (χ0v) is 13.6. The molecule has 0 aliphatic rings. The molecule has 120 valence electrons. The van der Waals surface area contributed by atoms with Gasteiger partial charge in [0, 0.05) is 33.3 Å². The molecule has 0 atom stereocenters. The molecule has 0 aliphatic carbocycles. The Kier molecular flexibility index (Phi) is 10.4. The number of likely N-dealkylation sites (N-methyl/N-ethyl adjacent to an activating group) is 1. The number of rotatable bonds is 10. The van der Waals surface area contributed by atoms with Crippen molar-refractivity contribution in [3.05, 3.63) is 0 Å². The van der Waals surface area contributed by atoms with Gasteiger partial charge in [0.25, 0.3) is 0 Å². The Morgan fingerprint density at radius 2 is 1.85 bits per heavy atom. The number of nitrogens with zero attached hydrogens (tertiary/aromatic N) is 1. The third-order valence-electron chi connectivity index (χ3n) is 2.55. The van der Waals surface area contributed by atoms with Gasteiger partial charge in [-0.2, -0.15) is 0 Å². The molecule has 0 saturated carbocycles. The van der Waals surface area contributed by atoms with Crippen LogP contribution in [0.2, 0.25) is 0 Å². The lowest BCUT2D eigenvalue weighted by Crippen LogP contribution is -2.35. The van der Waals surface area contributed by atoms with Crippen LogP contribution in [0, 0.1) is 0 Å². The van der Waals surface area contributed by atoms with Crippen LogP contribution in [-0.4, -0.2) is 70.1 Å². The summed E-state index contributed by atoms with van der Waals surface area (Å²) in [5.41, 5.74) is -0.435. The molecule has 0 aromatic carbocycles. The first-order valence-electron chi connectivity index (χ1n) is 7.20. The van der Waals surface area contributed by atoms with E-state index in [4.69, 9.17) is 9.47 Å². The lowest BCUT2D eigenvalue weighted by molar-refractivity contribution is 0.0527. The average molecular weight is 289 g/mol. The van der Waals surface area contributed by atoms with Crippen LogP contribution in [0.3, 0.4) is 0 Å². The first-order chi connectivity index (χ1) is 9.35. The van der Waals surface area contributed by atoms with E-state index in [9.17, 15) is 4.79 Å². The fraction of sp³-hybridized carbons (Fsp3) is 0.929. The van der Waals surface area contributed by atoms with Crippen molar-refractivity contribution in [2.24, 2.45) is 0 Å². The van der Waals surface area contributed by atoms with Crippen LogP contribution in [0.5, 0.6) is 0 Å². The molecule has 0 radical (unpaired) electrons. The summed E-state index contributed by atoms with van der Waals surface area (Å²) >= 11 is 0. The smallest absolute Gasteiger partial charge is 0.407 e. The molecule has 0 heterocycles. The van der Waals surface area contributed by atoms with Gasteiger partial charge in [-0.05, 0) is 40.8 Å². The zero-order chi connectivity index (χ0) is 15.4. The molecule has 0 saturated heterocycles. The molecular weight excluding hydrogens is 258 g/mol. The van der Waals surface area contributed by atoms with Crippen molar-refractivity contribution in [1.29, 1.82) is 0 Å². The highest BCUT2D eigenvalue weighted by Gasteiger charge is 2.15. The van der Waals surface area contributed by atoms with Crippen LogP contribution in [0.15, 0.2) is 0 Å². The predicted molar refractivity (Wildman–Crippen MR) is 81.1 cm³/mol. The van der Waals surface area contributed by atoms with Crippen molar-refractivity contribution in [2.75, 3.05) is 53.5 Å². The number of carbonyl (C=O) groups is 1. The zero-order valence-electron chi connectivity index (χ0n) is 13.6. The second-order valence-electron chi connectivity index (χ2n) is 5.83. The van der Waals surface area contributed by atoms with E-state index in [1.54, 1.807) is 7.11 Å². The Hall–Kier alpha value is -0.850. The minimum Gasteiger partial charge on any atom is -0.444 e. The molecule has 20 heavy (non-hydrogen) atoms. The topological polar surface area (TPSA) is 62.8 Å². The lowest BCUT2D eigenvalue weighted by Gasteiger charge is -2.19. The van der Waals surface area contributed by atoms with Crippen molar-refractivity contribution >= 4 is 6.09 Å². The van der Waals surface area contributed by atoms with E-state index in [0.717, 1.165) is 39.2 Å². The first kappa shape index (κ1) is 19.1. The molecular formula is C14H31N3O3. The fourth-order valence-electron chi connectivity index (χ4n) is 1.47. The van der Waals surface area contributed by atoms with Gasteiger partial charge in [-0.3, -0.25) is 0 Å². The summed E-state index contributed by atoms with van der Waals surface area (Å²) in [6.07, 6.45) is 0.540. The number of alkyl carbamates (subject to hydrolysis) is 1. The van der Waals surface area contributed by atoms with Crippen LogP contribution >= 0.6 is 0 Å². The van der Waals surface area contributed by atoms with E-state index in [1.807, 2.05) is 20.8 Å². The summed E-state index contributed by atoms with van der Waals surface area (Å²) in [7, 11) is 3.79. The number of carbonyl (C=O) groups excluding carboxylic acids is 1. The number of nitrogens with one attached hydrogen (secondary N) is 2. The third kappa shape index (κ3) is 13.6. The second kappa shape index (κ2) is 10.9. The average Bonchev–Trinajstić information content (AvgIpc) is 2.33. The minimum atomic E-state index is -0.435. The summed E-state index contributed by atoms with van der Waals surface area (Å²) in [4.78, 5) is 13.6. The van der Waals surface area contributed by atoms with Gasteiger partial charge in [-0.25, -0.2) is 4.79 Å². The maximum Gasteiger partial charge on any atom is 0.407 e. The molecule has 0 rings (SSSR count). The molecule has 0 bridgehead atoms. The van der Waals surface area contributed by atoms with Crippen LogP contribution in [0.25, 0.3) is 0 Å². The Balaban J connectivity index is 3.34. The highest BCUT2D eigenvalue weighted by atomic mass is 16.6. The summed E-state index contributed by atoms with van der Waals surface area (Å²) in [6, 6.07) is 0. The standard InChI is InChI=1S/C14H31N3O3/c1-14(2,3)20-13(18)16-8-6-7-15-9-10-17(4)11-12-19-5/h15H,6-12H2,1-5H3,(H,16,18). The van der Waals surface area contributed by atoms with Gasteiger partial charge >= 0.3 is 6.09 Å². The molecule has 0 aromatic heterocycles. The number of hydrogen-bond acceptors (Lipinski definition) is 5. The molecule has 0 aromatic rings. The first-order valence-corrected chi connectivity index (χ1v) is 7.20. The van der Waals surface area contributed by atoms with Crippen molar-refractivity contribution in [3.63, 3.8) is 0 Å². The van der Waals surface area contributed by atoms with Gasteiger partial charge in [-0.1, -0.05) is 0 Å². The number of amides is 1. The Morgan fingerprint density at radius 1 is 1.15 bits per heavy atom. The normalized spacial score (nSPS) is 11.7. The van der Waals surface area contributed by atoms with Gasteiger partial charge in [-0.15, -0.1) is 0 Å². The summed E-state index contributed by atoms with van der Waals surface area (Å²) in [5, 5.41) is 6.08. The van der Waals surface area contributed by atoms with E-state index >= 15 is 0 Å². The Bertz CT molecular complexity index is 255. The molecule has 6 nitrogen and oxygen atoms in total. The van der Waals surface area contributed by atoms with E-state index < -0.39 is 5.60 Å². The van der Waals surface area contributed by atoms with E-state index in [1.165, 1.54) is 0 Å². The number of methoxy groups -OCH3 is 1. The van der Waals surface area contributed by atoms with E-state index in [2.05, 4.69) is 22.6 Å². The van der Waals surface area contributed by atoms with Crippen molar-refractivity contribution in [3.8, 4) is 0 Å². The van der Waals surface area contributed by atoms with Crippen molar-refractivity contribution < 1.29 is 14.3 Å². The number of hydrogen-bond donors (Lipinski definition) is 2. The number of ether oxygens (including phenoxy) is 2. The van der Waals surface area contributed by atoms with E-state index in [-0.39, 0.29) is 6.09 Å². The maximum absolute atomic E-state index is 11.4. The van der Waals surface area contributed by atoms with Crippen LogP contribution in [-0.2, 0) is 9.47 Å². The van der Waals surface area contributed by atoms with Gasteiger partial charge in [0.15, 0.2) is 0 Å². The minimum absolute atomic E-state index is 0.350. The SMILES string of the molecule is COCCN(C)CCNCCCNC(=O)OC(C)(C)C. The molecule has 0 fully saturated rings. The monoisotopic (exact) mass is 289 g/mol. The largest absolute Gasteiger partial charge is 0.444 e. The molecule has 0 spiro atoms. The maximum atomic E-state index is 11.4. The fourth-order valence-corrected chi connectivity index (χ4v) is 1.47. The summed E-state index contributed by atoms with van der Waals surface area (Å²) < 4.78 is 10.2. The highest BCUT2D eigenvalue weighted by molar-refractivity contribution is 5.67. The van der Waals surface area contributed by atoms with Crippen LogP contribution in [0.4, 0.5) is 4.79 Å². The van der Waals surface area contributed by atoms with Gasteiger partial charge < -0.3 is 25.0 Å². The van der Waals surface area contributed by atoms with Gasteiger partial charge in [0.05, 0.1) is 6.61 Å². The van der Waals surface area contributed by atoms with E-state index in [0.29, 0.717) is 6.54 Å². The Labute approximate surface area is 123 Å². The third-order valence-corrected chi connectivity index (χ3v) is 2.55. The van der Waals surface area contributed by atoms with Crippen LogP contribution in [0.1, 0.15) is 27.2 Å².